The van der Waals surface area contributed by atoms with Gasteiger partial charge in [-0.05, 0) is 40.5 Å². The maximum absolute atomic E-state index is 12.3. The normalized spacial score (nSPS) is 19.5. The molecule has 0 saturated carbocycles. The Hall–Kier alpha value is -1.07. The maximum Gasteiger partial charge on any atom is 0.250 e. The third-order valence-electron chi connectivity index (χ3n) is 2.99. The van der Waals surface area contributed by atoms with Gasteiger partial charge in [-0.15, -0.1) is 0 Å². The summed E-state index contributed by atoms with van der Waals surface area (Å²) in [6.07, 6.45) is 1.49. The number of halogens is 2. The molecule has 0 bridgehead atoms. The van der Waals surface area contributed by atoms with E-state index in [-0.39, 0.29) is 18.4 Å². The van der Waals surface area contributed by atoms with Crippen molar-refractivity contribution in [3.05, 3.63) is 27.7 Å². The topological polar surface area (TPSA) is 49.4 Å². The number of hydrogen-bond acceptors (Lipinski definition) is 2. The fraction of sp³-hybridized carbons (Fsp3) is 0.385. The number of anilines is 1. The fourth-order valence-corrected chi connectivity index (χ4v) is 2.55. The average Bonchev–Trinajstić information content (AvgIpc) is 2.37. The summed E-state index contributed by atoms with van der Waals surface area (Å²) >= 11 is 9.26. The Balaban J connectivity index is 2.28. The van der Waals surface area contributed by atoms with Crippen LogP contribution in [0.5, 0.6) is 0 Å². The van der Waals surface area contributed by atoms with E-state index in [0.717, 1.165) is 6.42 Å². The number of benzene rings is 1. The summed E-state index contributed by atoms with van der Waals surface area (Å²) in [4.78, 5) is 25.5. The molecule has 1 aliphatic rings. The van der Waals surface area contributed by atoms with Crippen LogP contribution in [0.3, 0.4) is 0 Å². The van der Waals surface area contributed by atoms with Crippen molar-refractivity contribution in [2.45, 2.75) is 25.8 Å². The van der Waals surface area contributed by atoms with Gasteiger partial charge in [0.1, 0.15) is 12.6 Å². The Bertz CT molecular complexity index is 521. The lowest BCUT2D eigenvalue weighted by Crippen LogP contribution is -2.58. The van der Waals surface area contributed by atoms with Crippen molar-refractivity contribution in [1.29, 1.82) is 0 Å². The zero-order chi connectivity index (χ0) is 14.0. The lowest BCUT2D eigenvalue weighted by atomic mass is 10.1. The largest absolute Gasteiger partial charge is 0.343 e. The van der Waals surface area contributed by atoms with Gasteiger partial charge in [-0.2, -0.15) is 0 Å². The van der Waals surface area contributed by atoms with Crippen molar-refractivity contribution in [1.82, 2.24) is 5.32 Å². The van der Waals surface area contributed by atoms with Crippen molar-refractivity contribution in [2.75, 3.05) is 11.4 Å². The first-order chi connectivity index (χ1) is 9.02. The Morgan fingerprint density at radius 2 is 2.21 bits per heavy atom. The molecule has 2 rings (SSSR count). The monoisotopic (exact) mass is 344 g/mol. The molecule has 0 aliphatic carbocycles. The van der Waals surface area contributed by atoms with E-state index < -0.39 is 6.04 Å². The molecule has 1 atom stereocenters. The molecular weight excluding hydrogens is 332 g/mol. The molecule has 0 radical (unpaired) electrons. The van der Waals surface area contributed by atoms with Gasteiger partial charge in [0, 0.05) is 10.2 Å². The number of carbonyl (C=O) groups is 2. The van der Waals surface area contributed by atoms with Gasteiger partial charge in [-0.3, -0.25) is 9.59 Å². The minimum Gasteiger partial charge on any atom is -0.343 e. The van der Waals surface area contributed by atoms with Gasteiger partial charge in [0.05, 0.1) is 5.02 Å². The van der Waals surface area contributed by atoms with Gasteiger partial charge < -0.3 is 10.2 Å². The summed E-state index contributed by atoms with van der Waals surface area (Å²) < 4.78 is 0.706. The average molecular weight is 346 g/mol. The molecule has 1 aromatic rings. The van der Waals surface area contributed by atoms with E-state index >= 15 is 0 Å². The summed E-state index contributed by atoms with van der Waals surface area (Å²) in [7, 11) is 0. The Morgan fingerprint density at radius 1 is 1.47 bits per heavy atom. The van der Waals surface area contributed by atoms with Crippen LogP contribution in [0.1, 0.15) is 19.8 Å². The predicted octanol–water partition coefficient (Wildman–Crippen LogP) is 2.73. The highest BCUT2D eigenvalue weighted by Gasteiger charge is 2.32. The second-order valence-electron chi connectivity index (χ2n) is 4.43. The molecule has 1 heterocycles. The number of nitrogens with zero attached hydrogens (tertiary/aromatic N) is 1. The van der Waals surface area contributed by atoms with E-state index in [4.69, 9.17) is 11.6 Å². The minimum absolute atomic E-state index is 0.0487. The predicted molar refractivity (Wildman–Crippen MR) is 78.3 cm³/mol. The van der Waals surface area contributed by atoms with Crippen LogP contribution in [-0.2, 0) is 9.59 Å². The molecule has 1 aliphatic heterocycles. The first kappa shape index (κ1) is 14.3. The minimum atomic E-state index is -0.430. The smallest absolute Gasteiger partial charge is 0.250 e. The fourth-order valence-electron chi connectivity index (χ4n) is 2.07. The zero-order valence-electron chi connectivity index (χ0n) is 10.5. The van der Waals surface area contributed by atoms with Crippen molar-refractivity contribution < 1.29 is 9.59 Å². The van der Waals surface area contributed by atoms with Crippen molar-refractivity contribution in [3.63, 3.8) is 0 Å². The number of rotatable bonds is 3. The number of nitrogens with one attached hydrogen (secondary N) is 1. The standard InChI is InChI=1S/C13H14BrClN2O2/c1-2-3-11-13(19)17(7-12(18)16-11)8-4-5-10(15)9(14)6-8/h4-6,11H,2-3,7H2,1H3,(H,16,18). The van der Waals surface area contributed by atoms with Gasteiger partial charge in [0.25, 0.3) is 0 Å². The highest BCUT2D eigenvalue weighted by Crippen LogP contribution is 2.28. The van der Waals surface area contributed by atoms with E-state index in [9.17, 15) is 9.59 Å². The van der Waals surface area contributed by atoms with Gasteiger partial charge >= 0.3 is 0 Å². The Kier molecular flexibility index (Phi) is 4.47. The number of piperazine rings is 1. The van der Waals surface area contributed by atoms with Gasteiger partial charge in [0.2, 0.25) is 11.8 Å². The van der Waals surface area contributed by atoms with E-state index in [1.807, 2.05) is 6.92 Å². The molecular formula is C13H14BrClN2O2. The Labute approximate surface area is 125 Å². The van der Waals surface area contributed by atoms with Crippen molar-refractivity contribution in [3.8, 4) is 0 Å². The third-order valence-corrected chi connectivity index (χ3v) is 4.21. The van der Waals surface area contributed by atoms with Crippen molar-refractivity contribution in [2.24, 2.45) is 0 Å². The second kappa shape index (κ2) is 5.92. The molecule has 0 spiro atoms. The van der Waals surface area contributed by atoms with Crippen LogP contribution in [0.4, 0.5) is 5.69 Å². The molecule has 1 unspecified atom stereocenters. The summed E-state index contributed by atoms with van der Waals surface area (Å²) in [5, 5.41) is 3.30. The summed E-state index contributed by atoms with van der Waals surface area (Å²) in [6.45, 7) is 2.03. The number of hydrogen-bond donors (Lipinski definition) is 1. The maximum atomic E-state index is 12.3. The van der Waals surface area contributed by atoms with Gasteiger partial charge in [-0.1, -0.05) is 24.9 Å². The lowest BCUT2D eigenvalue weighted by Gasteiger charge is -2.32. The molecule has 19 heavy (non-hydrogen) atoms. The Morgan fingerprint density at radius 3 is 2.84 bits per heavy atom. The molecule has 1 N–H and O–H groups in total. The molecule has 1 aromatic carbocycles. The summed E-state index contributed by atoms with van der Waals surface area (Å²) in [5.74, 6) is -0.209. The molecule has 6 heteroatoms. The quantitative estimate of drug-likeness (QED) is 0.916. The van der Waals surface area contributed by atoms with Crippen LogP contribution in [0.15, 0.2) is 22.7 Å². The molecule has 102 valence electrons. The molecule has 0 aromatic heterocycles. The molecule has 4 nitrogen and oxygen atoms in total. The van der Waals surface area contributed by atoms with Crippen LogP contribution in [0.2, 0.25) is 5.02 Å². The van der Waals surface area contributed by atoms with E-state index in [1.165, 1.54) is 4.90 Å². The molecule has 2 amide bonds. The number of amides is 2. The van der Waals surface area contributed by atoms with Crippen LogP contribution < -0.4 is 10.2 Å². The third kappa shape index (κ3) is 3.09. The highest BCUT2D eigenvalue weighted by atomic mass is 79.9. The molecule has 1 saturated heterocycles. The molecule has 1 fully saturated rings. The number of carbonyl (C=O) groups excluding carboxylic acids is 2. The van der Waals surface area contributed by atoms with Crippen LogP contribution in [0.25, 0.3) is 0 Å². The first-order valence-corrected chi connectivity index (χ1v) is 7.25. The second-order valence-corrected chi connectivity index (χ2v) is 5.69. The highest BCUT2D eigenvalue weighted by molar-refractivity contribution is 9.10. The van der Waals surface area contributed by atoms with Crippen LogP contribution >= 0.6 is 27.5 Å². The SMILES string of the molecule is CCCC1NC(=O)CN(c2ccc(Cl)c(Br)c2)C1=O. The van der Waals surface area contributed by atoms with Gasteiger partial charge in [-0.25, -0.2) is 0 Å². The van der Waals surface area contributed by atoms with E-state index in [0.29, 0.717) is 21.6 Å². The van der Waals surface area contributed by atoms with E-state index in [2.05, 4.69) is 21.2 Å². The zero-order valence-corrected chi connectivity index (χ0v) is 12.8. The van der Waals surface area contributed by atoms with Crippen LogP contribution in [-0.4, -0.2) is 24.4 Å². The van der Waals surface area contributed by atoms with E-state index in [1.54, 1.807) is 18.2 Å². The summed E-state index contributed by atoms with van der Waals surface area (Å²) in [6, 6.07) is 4.77. The van der Waals surface area contributed by atoms with Crippen LogP contribution in [0, 0.1) is 0 Å². The van der Waals surface area contributed by atoms with Crippen molar-refractivity contribution >= 4 is 45.0 Å². The first-order valence-electron chi connectivity index (χ1n) is 6.08. The lowest BCUT2D eigenvalue weighted by molar-refractivity contribution is -0.131. The summed E-state index contributed by atoms with van der Waals surface area (Å²) in [5.41, 5.74) is 0.678. The van der Waals surface area contributed by atoms with Gasteiger partial charge in [0.15, 0.2) is 0 Å².